The van der Waals surface area contributed by atoms with E-state index in [4.69, 9.17) is 16.3 Å². The first-order chi connectivity index (χ1) is 8.68. The van der Waals surface area contributed by atoms with Gasteiger partial charge in [0.25, 0.3) is 0 Å². The fourth-order valence-electron chi connectivity index (χ4n) is 1.92. The Morgan fingerprint density at radius 3 is 2.11 bits per heavy atom. The number of ether oxygens (including phenoxy) is 2. The van der Waals surface area contributed by atoms with Gasteiger partial charge < -0.3 is 9.47 Å². The number of alkyl halides is 4. The van der Waals surface area contributed by atoms with Crippen molar-refractivity contribution in [1.82, 2.24) is 0 Å². The van der Waals surface area contributed by atoms with E-state index in [2.05, 4.69) is 4.74 Å². The molecule has 106 valence electrons. The van der Waals surface area contributed by atoms with Crippen molar-refractivity contribution >= 4 is 11.6 Å². The number of halogens is 4. The standard InChI is InChI=1S/C13H14ClF3O2/c1-12(2)10(14)7-11(12)18-8-3-5-9(6-4-8)19-13(15,16)17/h3-6,10-11H,7H2,1-2H3. The van der Waals surface area contributed by atoms with Crippen LogP contribution in [-0.2, 0) is 0 Å². The maximum Gasteiger partial charge on any atom is 0.573 e. The number of benzene rings is 1. The summed E-state index contributed by atoms with van der Waals surface area (Å²) < 4.78 is 45.5. The summed E-state index contributed by atoms with van der Waals surface area (Å²) in [4.78, 5) is 0. The lowest BCUT2D eigenvalue weighted by molar-refractivity contribution is -0.274. The van der Waals surface area contributed by atoms with Crippen LogP contribution in [0.2, 0.25) is 0 Å². The second-order valence-electron chi connectivity index (χ2n) is 5.15. The Hall–Kier alpha value is -1.10. The Morgan fingerprint density at radius 2 is 1.68 bits per heavy atom. The van der Waals surface area contributed by atoms with Gasteiger partial charge in [-0.2, -0.15) is 0 Å². The number of hydrogen-bond donors (Lipinski definition) is 0. The second-order valence-corrected chi connectivity index (χ2v) is 5.68. The Kier molecular flexibility index (Phi) is 3.60. The molecule has 0 N–H and O–H groups in total. The minimum absolute atomic E-state index is 0.0237. The van der Waals surface area contributed by atoms with E-state index in [-0.39, 0.29) is 22.6 Å². The third-order valence-corrected chi connectivity index (χ3v) is 4.13. The Bertz CT molecular complexity index is 442. The summed E-state index contributed by atoms with van der Waals surface area (Å²) in [5.74, 6) is 0.249. The summed E-state index contributed by atoms with van der Waals surface area (Å²) in [6, 6.07) is 5.37. The summed E-state index contributed by atoms with van der Waals surface area (Å²) in [6.45, 7) is 4.00. The third-order valence-electron chi connectivity index (χ3n) is 3.39. The van der Waals surface area contributed by atoms with Gasteiger partial charge in [0.15, 0.2) is 0 Å². The highest BCUT2D eigenvalue weighted by molar-refractivity contribution is 6.21. The molecule has 1 saturated carbocycles. The molecule has 1 aliphatic rings. The summed E-state index contributed by atoms with van der Waals surface area (Å²) in [6.07, 6.45) is -3.97. The molecule has 0 amide bonds. The van der Waals surface area contributed by atoms with Crippen molar-refractivity contribution in [3.63, 3.8) is 0 Å². The van der Waals surface area contributed by atoms with E-state index < -0.39 is 6.36 Å². The minimum Gasteiger partial charge on any atom is -0.490 e. The van der Waals surface area contributed by atoms with Gasteiger partial charge in [0.2, 0.25) is 0 Å². The van der Waals surface area contributed by atoms with Gasteiger partial charge in [-0.15, -0.1) is 24.8 Å². The van der Waals surface area contributed by atoms with Crippen LogP contribution in [0.25, 0.3) is 0 Å². The van der Waals surface area contributed by atoms with E-state index in [1.807, 2.05) is 13.8 Å². The average molecular weight is 295 g/mol. The molecular weight excluding hydrogens is 281 g/mol. The van der Waals surface area contributed by atoms with Crippen LogP contribution in [-0.4, -0.2) is 17.8 Å². The van der Waals surface area contributed by atoms with Crippen LogP contribution in [0.4, 0.5) is 13.2 Å². The molecule has 2 rings (SSSR count). The van der Waals surface area contributed by atoms with Crippen molar-refractivity contribution in [3.05, 3.63) is 24.3 Å². The zero-order valence-electron chi connectivity index (χ0n) is 10.5. The fraction of sp³-hybridized carbons (Fsp3) is 0.538. The molecule has 0 aromatic heterocycles. The van der Waals surface area contributed by atoms with Crippen LogP contribution in [0.1, 0.15) is 20.3 Å². The summed E-state index contributed by atoms with van der Waals surface area (Å²) >= 11 is 6.07. The van der Waals surface area contributed by atoms with Gasteiger partial charge in [-0.25, -0.2) is 0 Å². The van der Waals surface area contributed by atoms with E-state index in [9.17, 15) is 13.2 Å². The van der Waals surface area contributed by atoms with Crippen LogP contribution >= 0.6 is 11.6 Å². The van der Waals surface area contributed by atoms with E-state index in [0.717, 1.165) is 6.42 Å². The van der Waals surface area contributed by atoms with E-state index in [1.54, 1.807) is 0 Å². The zero-order chi connectivity index (χ0) is 14.3. The van der Waals surface area contributed by atoms with Gasteiger partial charge in [-0.3, -0.25) is 0 Å². The first kappa shape index (κ1) is 14.3. The van der Waals surface area contributed by atoms with Crippen molar-refractivity contribution in [2.24, 2.45) is 5.41 Å². The van der Waals surface area contributed by atoms with Crippen LogP contribution in [0.5, 0.6) is 11.5 Å². The highest BCUT2D eigenvalue weighted by Gasteiger charge is 2.49. The molecule has 2 nitrogen and oxygen atoms in total. The molecule has 6 heteroatoms. The monoisotopic (exact) mass is 294 g/mol. The highest BCUT2D eigenvalue weighted by atomic mass is 35.5. The first-order valence-corrected chi connectivity index (χ1v) is 6.28. The van der Waals surface area contributed by atoms with E-state index >= 15 is 0 Å². The van der Waals surface area contributed by atoms with Gasteiger partial charge >= 0.3 is 6.36 Å². The average Bonchev–Trinajstić information content (AvgIpc) is 2.29. The summed E-state index contributed by atoms with van der Waals surface area (Å²) in [5.41, 5.74) is -0.136. The zero-order valence-corrected chi connectivity index (χ0v) is 11.3. The van der Waals surface area contributed by atoms with Crippen LogP contribution < -0.4 is 9.47 Å². The van der Waals surface area contributed by atoms with Crippen molar-refractivity contribution in [2.75, 3.05) is 0 Å². The van der Waals surface area contributed by atoms with Crippen molar-refractivity contribution in [1.29, 1.82) is 0 Å². The quantitative estimate of drug-likeness (QED) is 0.771. The molecule has 0 heterocycles. The molecule has 1 fully saturated rings. The molecule has 0 aliphatic heterocycles. The van der Waals surface area contributed by atoms with E-state index in [1.165, 1.54) is 24.3 Å². The lowest BCUT2D eigenvalue weighted by Gasteiger charge is -2.48. The molecule has 1 aliphatic carbocycles. The minimum atomic E-state index is -4.68. The van der Waals surface area contributed by atoms with Gasteiger partial charge in [0, 0.05) is 17.2 Å². The summed E-state index contributed by atoms with van der Waals surface area (Å²) in [5, 5.41) is 0.0605. The SMILES string of the molecule is CC1(C)C(Cl)CC1Oc1ccc(OC(F)(F)F)cc1. The second kappa shape index (κ2) is 4.78. The van der Waals surface area contributed by atoms with Gasteiger partial charge in [-0.05, 0) is 24.3 Å². The predicted molar refractivity (Wildman–Crippen MR) is 65.6 cm³/mol. The smallest absolute Gasteiger partial charge is 0.490 e. The molecule has 2 unspecified atom stereocenters. The van der Waals surface area contributed by atoms with Gasteiger partial charge in [0.05, 0.1) is 0 Å². The van der Waals surface area contributed by atoms with Crippen LogP contribution in [0, 0.1) is 5.41 Å². The van der Waals surface area contributed by atoms with Crippen molar-refractivity contribution in [2.45, 2.75) is 38.1 Å². The Labute approximate surface area is 114 Å². The number of hydrogen-bond acceptors (Lipinski definition) is 2. The summed E-state index contributed by atoms with van der Waals surface area (Å²) in [7, 11) is 0. The fourth-order valence-corrected chi connectivity index (χ4v) is 2.22. The van der Waals surface area contributed by atoms with Gasteiger partial charge in [0.1, 0.15) is 17.6 Å². The molecular formula is C13H14ClF3O2. The lowest BCUT2D eigenvalue weighted by Crippen LogP contribution is -2.53. The van der Waals surface area contributed by atoms with E-state index in [0.29, 0.717) is 5.75 Å². The van der Waals surface area contributed by atoms with Gasteiger partial charge in [-0.1, -0.05) is 13.8 Å². The molecule has 0 saturated heterocycles. The maximum absolute atomic E-state index is 12.0. The topological polar surface area (TPSA) is 18.5 Å². The van der Waals surface area contributed by atoms with Crippen molar-refractivity contribution < 1.29 is 22.6 Å². The third kappa shape index (κ3) is 3.26. The molecule has 2 atom stereocenters. The number of rotatable bonds is 3. The predicted octanol–water partition coefficient (Wildman–Crippen LogP) is 4.37. The van der Waals surface area contributed by atoms with Crippen LogP contribution in [0.3, 0.4) is 0 Å². The first-order valence-electron chi connectivity index (χ1n) is 5.85. The largest absolute Gasteiger partial charge is 0.573 e. The molecule has 19 heavy (non-hydrogen) atoms. The lowest BCUT2D eigenvalue weighted by atomic mass is 9.68. The molecule has 0 spiro atoms. The molecule has 1 aromatic carbocycles. The Balaban J connectivity index is 1.96. The molecule has 0 bridgehead atoms. The maximum atomic E-state index is 12.0. The molecule has 0 radical (unpaired) electrons. The normalized spacial score (nSPS) is 25.6. The molecule has 1 aromatic rings. The van der Waals surface area contributed by atoms with Crippen molar-refractivity contribution in [3.8, 4) is 11.5 Å². The Morgan fingerprint density at radius 1 is 1.16 bits per heavy atom. The van der Waals surface area contributed by atoms with Crippen LogP contribution in [0.15, 0.2) is 24.3 Å². The highest BCUT2D eigenvalue weighted by Crippen LogP contribution is 2.46.